The fourth-order valence-corrected chi connectivity index (χ4v) is 8.74. The van der Waals surface area contributed by atoms with Gasteiger partial charge >= 0.3 is 7.60 Å². The van der Waals surface area contributed by atoms with Crippen molar-refractivity contribution in [3.8, 4) is 11.5 Å². The van der Waals surface area contributed by atoms with Gasteiger partial charge in [0, 0.05) is 6.54 Å². The summed E-state index contributed by atoms with van der Waals surface area (Å²) < 4.78 is 52.6. The van der Waals surface area contributed by atoms with Gasteiger partial charge in [0.15, 0.2) is 9.84 Å². The maximum atomic E-state index is 14.3. The average Bonchev–Trinajstić information content (AvgIpc) is 3.45. The largest absolute Gasteiger partial charge is 0.447 e. The second kappa shape index (κ2) is 12.8. The Labute approximate surface area is 220 Å². The molecule has 0 saturated heterocycles. The van der Waals surface area contributed by atoms with Crippen molar-refractivity contribution in [3.05, 3.63) is 96.1 Å². The molecule has 1 aliphatic rings. The first-order chi connectivity index (χ1) is 17.9. The summed E-state index contributed by atoms with van der Waals surface area (Å²) in [4.78, 5) is 0. The van der Waals surface area contributed by atoms with Gasteiger partial charge in [-0.15, -0.1) is 0 Å². The predicted octanol–water partition coefficient (Wildman–Crippen LogP) is 7.11. The summed E-state index contributed by atoms with van der Waals surface area (Å²) in [6.45, 7) is 2.37. The van der Waals surface area contributed by atoms with Gasteiger partial charge < -0.3 is 9.05 Å². The highest BCUT2D eigenvalue weighted by Crippen LogP contribution is 2.53. The van der Waals surface area contributed by atoms with E-state index in [1.807, 2.05) is 67.6 Å². The molecule has 0 aliphatic heterocycles. The molecule has 1 fully saturated rings. The van der Waals surface area contributed by atoms with Crippen LogP contribution < -0.4 is 14.4 Å². The molecule has 1 N–H and O–H groups in total. The summed E-state index contributed by atoms with van der Waals surface area (Å²) in [7, 11) is -6.96. The van der Waals surface area contributed by atoms with Crippen LogP contribution in [-0.4, -0.2) is 19.5 Å². The van der Waals surface area contributed by atoms with E-state index in [0.29, 0.717) is 24.5 Å². The molecule has 3 aromatic carbocycles. The van der Waals surface area contributed by atoms with Crippen molar-refractivity contribution in [2.24, 2.45) is 0 Å². The molecule has 1 unspecified atom stereocenters. The quantitative estimate of drug-likeness (QED) is 0.232. The van der Waals surface area contributed by atoms with Crippen molar-refractivity contribution in [3.63, 3.8) is 0 Å². The smallest absolute Gasteiger partial charge is 0.415 e. The van der Waals surface area contributed by atoms with E-state index in [1.54, 1.807) is 24.3 Å². The third kappa shape index (κ3) is 7.47. The minimum Gasteiger partial charge on any atom is -0.415 e. The van der Waals surface area contributed by atoms with Crippen LogP contribution in [0.5, 0.6) is 11.5 Å². The highest BCUT2D eigenvalue weighted by molar-refractivity contribution is 7.91. The van der Waals surface area contributed by atoms with E-state index < -0.39 is 23.2 Å². The first-order valence-electron chi connectivity index (χ1n) is 13.0. The van der Waals surface area contributed by atoms with E-state index in [-0.39, 0.29) is 11.0 Å². The van der Waals surface area contributed by atoms with E-state index in [0.717, 1.165) is 43.2 Å². The third-order valence-electron chi connectivity index (χ3n) is 6.71. The van der Waals surface area contributed by atoms with Crippen LogP contribution in [0, 0.1) is 0 Å². The van der Waals surface area contributed by atoms with Crippen molar-refractivity contribution < 1.29 is 22.0 Å². The number of benzene rings is 3. The number of hydrogen-bond donors (Lipinski definition) is 1. The van der Waals surface area contributed by atoms with E-state index >= 15 is 0 Å². The number of para-hydroxylation sites is 2. The summed E-state index contributed by atoms with van der Waals surface area (Å²) in [6.07, 6.45) is 4.76. The molecule has 6 nitrogen and oxygen atoms in total. The van der Waals surface area contributed by atoms with E-state index in [9.17, 15) is 13.0 Å². The molecule has 1 atom stereocenters. The molecule has 37 heavy (non-hydrogen) atoms. The van der Waals surface area contributed by atoms with Crippen LogP contribution in [0.1, 0.15) is 56.6 Å². The summed E-state index contributed by atoms with van der Waals surface area (Å²) in [5, 5.41) is 3.16. The van der Waals surface area contributed by atoms with Gasteiger partial charge in [0.1, 0.15) is 17.3 Å². The molecule has 0 radical (unpaired) electrons. The molecule has 3 aromatic rings. The van der Waals surface area contributed by atoms with Crippen molar-refractivity contribution in [1.29, 1.82) is 0 Å². The Bertz CT molecular complexity index is 1230. The third-order valence-corrected chi connectivity index (χ3v) is 11.0. The average molecular weight is 542 g/mol. The molecule has 1 saturated carbocycles. The normalized spacial score (nSPS) is 15.4. The fraction of sp³-hybridized carbons (Fsp3) is 0.379. The topological polar surface area (TPSA) is 81.7 Å². The Kier molecular flexibility index (Phi) is 9.47. The zero-order chi connectivity index (χ0) is 26.1. The first kappa shape index (κ1) is 27.4. The van der Waals surface area contributed by atoms with Crippen LogP contribution in [0.15, 0.2) is 84.9 Å². The second-order valence-corrected chi connectivity index (χ2v) is 13.9. The molecule has 0 bridgehead atoms. The second-order valence-electron chi connectivity index (χ2n) is 9.52. The van der Waals surface area contributed by atoms with Crippen LogP contribution in [0.3, 0.4) is 0 Å². The highest BCUT2D eigenvalue weighted by Gasteiger charge is 2.39. The van der Waals surface area contributed by atoms with Gasteiger partial charge in [-0.25, -0.2) is 13.0 Å². The molecule has 4 rings (SSSR count). The number of rotatable bonds is 13. The minimum atomic E-state index is -3.73. The highest BCUT2D eigenvalue weighted by atomic mass is 32.2. The summed E-state index contributed by atoms with van der Waals surface area (Å²) in [5.74, 6) is 0.352. The lowest BCUT2D eigenvalue weighted by molar-refractivity contribution is 0.353. The molecule has 0 spiro atoms. The maximum absolute atomic E-state index is 14.3. The SMILES string of the molecule is CCCC(NCc1ccccc1CS(=O)(=O)C1CCCC1)P(=O)(Oc1ccccc1)Oc1ccccc1. The molecule has 198 valence electrons. The number of sulfone groups is 1. The van der Waals surface area contributed by atoms with E-state index in [4.69, 9.17) is 9.05 Å². The number of nitrogens with one attached hydrogen (secondary N) is 1. The summed E-state index contributed by atoms with van der Waals surface area (Å²) >= 11 is 0. The van der Waals surface area contributed by atoms with Crippen molar-refractivity contribution >= 4 is 17.4 Å². The van der Waals surface area contributed by atoms with Gasteiger partial charge in [0.2, 0.25) is 0 Å². The Hall–Kier alpha value is -2.60. The molecule has 0 amide bonds. The van der Waals surface area contributed by atoms with E-state index in [2.05, 4.69) is 5.32 Å². The molecule has 0 heterocycles. The predicted molar refractivity (Wildman–Crippen MR) is 149 cm³/mol. The zero-order valence-electron chi connectivity index (χ0n) is 21.3. The van der Waals surface area contributed by atoms with Gasteiger partial charge in [-0.05, 0) is 54.7 Å². The molecule has 1 aliphatic carbocycles. The Morgan fingerprint density at radius 2 is 1.35 bits per heavy atom. The van der Waals surface area contributed by atoms with Crippen LogP contribution in [0.4, 0.5) is 0 Å². The fourth-order valence-electron chi connectivity index (χ4n) is 4.73. The van der Waals surface area contributed by atoms with Gasteiger partial charge in [-0.2, -0.15) is 0 Å². The zero-order valence-corrected chi connectivity index (χ0v) is 23.0. The lowest BCUT2D eigenvalue weighted by atomic mass is 10.1. The van der Waals surface area contributed by atoms with Crippen molar-refractivity contribution in [2.75, 3.05) is 0 Å². The molecule has 0 aromatic heterocycles. The van der Waals surface area contributed by atoms with Crippen LogP contribution in [0.25, 0.3) is 0 Å². The van der Waals surface area contributed by atoms with Crippen LogP contribution in [0.2, 0.25) is 0 Å². The molecular weight excluding hydrogens is 505 g/mol. The monoisotopic (exact) mass is 541 g/mol. The lowest BCUT2D eigenvalue weighted by Gasteiger charge is -2.28. The maximum Gasteiger partial charge on any atom is 0.447 e. The summed E-state index contributed by atoms with van der Waals surface area (Å²) in [5.41, 5.74) is 1.65. The van der Waals surface area contributed by atoms with Gasteiger partial charge in [0.05, 0.1) is 11.0 Å². The van der Waals surface area contributed by atoms with Crippen molar-refractivity contribution in [2.45, 2.75) is 68.8 Å². The molecular formula is C29H36NO5PS. The van der Waals surface area contributed by atoms with Crippen LogP contribution in [-0.2, 0) is 26.7 Å². The van der Waals surface area contributed by atoms with Crippen LogP contribution >= 0.6 is 7.60 Å². The van der Waals surface area contributed by atoms with Gasteiger partial charge in [-0.3, -0.25) is 5.32 Å². The molecule has 8 heteroatoms. The summed E-state index contributed by atoms with van der Waals surface area (Å²) in [6, 6.07) is 25.6. The lowest BCUT2D eigenvalue weighted by Crippen LogP contribution is -2.32. The Balaban J connectivity index is 1.57. The van der Waals surface area contributed by atoms with Gasteiger partial charge in [-0.1, -0.05) is 86.8 Å². The van der Waals surface area contributed by atoms with Crippen molar-refractivity contribution in [1.82, 2.24) is 5.32 Å². The first-order valence-corrected chi connectivity index (χ1v) is 16.3. The van der Waals surface area contributed by atoms with E-state index in [1.165, 1.54) is 0 Å². The Morgan fingerprint density at radius 3 is 1.89 bits per heavy atom. The number of hydrogen-bond acceptors (Lipinski definition) is 6. The Morgan fingerprint density at radius 1 is 0.838 bits per heavy atom. The standard InChI is InChI=1S/C29H36NO5PS/c1-2-13-29(36(31,34-26-16-5-3-6-17-26)35-27-18-7-4-8-19-27)30-22-24-14-9-10-15-25(24)23-37(32,33)28-20-11-12-21-28/h3-10,14-19,28-30H,2,11-13,20-23H2,1H3. The van der Waals surface area contributed by atoms with Gasteiger partial charge in [0.25, 0.3) is 0 Å². The minimum absolute atomic E-state index is 0.0205.